The molecule has 0 saturated carbocycles. The number of carbonyl (C=O) groups excluding carboxylic acids is 2. The lowest BCUT2D eigenvalue weighted by Gasteiger charge is -2.20. The summed E-state index contributed by atoms with van der Waals surface area (Å²) in [5, 5.41) is 23.2. The van der Waals surface area contributed by atoms with Crippen LogP contribution in [0.5, 0.6) is 0 Å². The topological polar surface area (TPSA) is 95.9 Å². The highest BCUT2D eigenvalue weighted by molar-refractivity contribution is 5.76. The van der Waals surface area contributed by atoms with Crippen LogP contribution >= 0.6 is 0 Å². The zero-order chi connectivity index (χ0) is 57.8. The maximum atomic E-state index is 12.5. The number of esters is 1. The van der Waals surface area contributed by atoms with Gasteiger partial charge in [0.2, 0.25) is 5.91 Å². The number of rotatable bonds is 68. The van der Waals surface area contributed by atoms with Gasteiger partial charge in [0.25, 0.3) is 0 Å². The molecule has 6 nitrogen and oxygen atoms in total. The number of unbranched alkanes of at least 4 members (excludes halogenated alkanes) is 53. The molecule has 0 aromatic heterocycles. The summed E-state index contributed by atoms with van der Waals surface area (Å²) in [5.74, 6) is -0.0532. The third-order valence-electron chi connectivity index (χ3n) is 16.9. The quantitative estimate of drug-likeness (QED) is 0.0320. The Kier molecular flexibility index (Phi) is 67.9. The summed E-state index contributed by atoms with van der Waals surface area (Å²) in [6.45, 7) is 4.92. The molecule has 0 aromatic carbocycles. The highest BCUT2D eigenvalue weighted by Gasteiger charge is 2.18. The molecule has 0 aliphatic rings. The molecule has 0 bridgehead atoms. The van der Waals surface area contributed by atoms with Crippen LogP contribution in [-0.4, -0.2) is 47.4 Å². The van der Waals surface area contributed by atoms with E-state index in [-0.39, 0.29) is 18.5 Å². The van der Waals surface area contributed by atoms with Crippen molar-refractivity contribution in [3.8, 4) is 0 Å². The van der Waals surface area contributed by atoms with E-state index in [9.17, 15) is 19.8 Å². The molecule has 3 N–H and O–H groups in total. The molecule has 0 heterocycles. The molecule has 0 spiro atoms. The summed E-state index contributed by atoms with van der Waals surface area (Å²) in [5.41, 5.74) is 0. The standard InChI is InChI=1S/C74H141NO5/c1-3-5-7-9-11-13-15-17-18-19-36-39-43-46-50-54-58-62-66-72(77)71(70-76)75-73(78)67-63-59-55-51-47-44-40-37-34-32-30-28-26-24-22-20-21-23-25-27-29-31-33-35-38-41-45-49-53-57-61-65-69-80-74(79)68-64-60-56-52-48-42-16-14-12-10-8-6-4-2/h14,16,23,25,62,66,71-72,76-77H,3-13,15,17-22,24,26-61,63-65,67-70H2,1-2H3,(H,75,78)/b16-14-,25-23-,66-62+. The van der Waals surface area contributed by atoms with Gasteiger partial charge in [0.05, 0.1) is 25.4 Å². The van der Waals surface area contributed by atoms with Crippen LogP contribution in [0.15, 0.2) is 36.5 Å². The van der Waals surface area contributed by atoms with Crippen molar-refractivity contribution >= 4 is 11.9 Å². The van der Waals surface area contributed by atoms with Gasteiger partial charge in [0, 0.05) is 12.8 Å². The lowest BCUT2D eigenvalue weighted by molar-refractivity contribution is -0.143. The number of allylic oxidation sites excluding steroid dienone is 5. The van der Waals surface area contributed by atoms with Crippen molar-refractivity contribution in [1.82, 2.24) is 5.32 Å². The molecule has 2 unspecified atom stereocenters. The molecular weight excluding hydrogens is 983 g/mol. The fourth-order valence-corrected chi connectivity index (χ4v) is 11.3. The average molecular weight is 1120 g/mol. The van der Waals surface area contributed by atoms with E-state index in [0.717, 1.165) is 44.9 Å². The maximum Gasteiger partial charge on any atom is 0.305 e. The maximum absolute atomic E-state index is 12.5. The first-order valence-corrected chi connectivity index (χ1v) is 36.3. The van der Waals surface area contributed by atoms with E-state index in [2.05, 4.69) is 43.5 Å². The van der Waals surface area contributed by atoms with Gasteiger partial charge in [0.15, 0.2) is 0 Å². The highest BCUT2D eigenvalue weighted by Crippen LogP contribution is 2.18. The van der Waals surface area contributed by atoms with Crippen molar-refractivity contribution < 1.29 is 24.5 Å². The van der Waals surface area contributed by atoms with Crippen LogP contribution in [0.2, 0.25) is 0 Å². The molecule has 472 valence electrons. The van der Waals surface area contributed by atoms with Gasteiger partial charge in [-0.2, -0.15) is 0 Å². The number of amides is 1. The van der Waals surface area contributed by atoms with Gasteiger partial charge in [0.1, 0.15) is 0 Å². The Bertz CT molecular complexity index is 1300. The molecule has 0 aliphatic carbocycles. The van der Waals surface area contributed by atoms with Crippen molar-refractivity contribution in [2.24, 2.45) is 0 Å². The van der Waals surface area contributed by atoms with E-state index in [0.29, 0.717) is 19.4 Å². The van der Waals surface area contributed by atoms with Crippen LogP contribution in [0.25, 0.3) is 0 Å². The number of carbonyl (C=O) groups is 2. The first kappa shape index (κ1) is 78.1. The Labute approximate surface area is 500 Å². The van der Waals surface area contributed by atoms with Crippen LogP contribution in [0.1, 0.15) is 399 Å². The van der Waals surface area contributed by atoms with E-state index >= 15 is 0 Å². The minimum absolute atomic E-state index is 0.00899. The number of hydrogen-bond acceptors (Lipinski definition) is 5. The molecule has 0 rings (SSSR count). The van der Waals surface area contributed by atoms with E-state index in [1.165, 1.54) is 327 Å². The van der Waals surface area contributed by atoms with E-state index < -0.39 is 12.1 Å². The molecule has 6 heteroatoms. The minimum Gasteiger partial charge on any atom is -0.466 e. The summed E-state index contributed by atoms with van der Waals surface area (Å²) in [6, 6.07) is -0.626. The molecular formula is C74H141NO5. The predicted octanol–water partition coefficient (Wildman–Crippen LogP) is 23.5. The largest absolute Gasteiger partial charge is 0.466 e. The SMILES string of the molecule is CCCCCC/C=C\CCCCCCCC(=O)OCCCCCCCCCCCCCC/C=C\CCCCCCCCCCCCCCCCCCC(=O)NC(CO)C(O)/C=C/CCCCCCCCCCCCCCCCCC. The monoisotopic (exact) mass is 1120 g/mol. The fourth-order valence-electron chi connectivity index (χ4n) is 11.3. The van der Waals surface area contributed by atoms with Crippen molar-refractivity contribution in [3.05, 3.63) is 36.5 Å². The van der Waals surface area contributed by atoms with Crippen molar-refractivity contribution in [1.29, 1.82) is 0 Å². The second kappa shape index (κ2) is 69.6. The second-order valence-corrected chi connectivity index (χ2v) is 24.9. The van der Waals surface area contributed by atoms with Crippen LogP contribution in [-0.2, 0) is 14.3 Å². The Morgan fingerprint density at radius 2 is 0.588 bits per heavy atom. The highest BCUT2D eigenvalue weighted by atomic mass is 16.5. The van der Waals surface area contributed by atoms with E-state index in [1.807, 2.05) is 6.08 Å². The summed E-state index contributed by atoms with van der Waals surface area (Å²) in [4.78, 5) is 24.6. The summed E-state index contributed by atoms with van der Waals surface area (Å²) < 4.78 is 5.48. The van der Waals surface area contributed by atoms with Crippen LogP contribution in [0.4, 0.5) is 0 Å². The Morgan fingerprint density at radius 3 is 0.900 bits per heavy atom. The third kappa shape index (κ3) is 65.2. The molecule has 1 amide bonds. The number of aliphatic hydroxyl groups excluding tert-OH is 2. The molecule has 0 aliphatic heterocycles. The van der Waals surface area contributed by atoms with Crippen molar-refractivity contribution in [2.75, 3.05) is 13.2 Å². The molecule has 0 fully saturated rings. The molecule has 2 atom stereocenters. The van der Waals surface area contributed by atoms with Crippen molar-refractivity contribution in [3.63, 3.8) is 0 Å². The summed E-state index contributed by atoms with van der Waals surface area (Å²) in [6.07, 6.45) is 89.5. The smallest absolute Gasteiger partial charge is 0.305 e. The lowest BCUT2D eigenvalue weighted by atomic mass is 10.0. The van der Waals surface area contributed by atoms with Gasteiger partial charge < -0.3 is 20.3 Å². The summed E-state index contributed by atoms with van der Waals surface area (Å²) >= 11 is 0. The summed E-state index contributed by atoms with van der Waals surface area (Å²) in [7, 11) is 0. The molecule has 0 radical (unpaired) electrons. The molecule has 0 aromatic rings. The van der Waals surface area contributed by atoms with Gasteiger partial charge in [-0.15, -0.1) is 0 Å². The Morgan fingerprint density at radius 1 is 0.338 bits per heavy atom. The van der Waals surface area contributed by atoms with Gasteiger partial charge in [-0.3, -0.25) is 9.59 Å². The van der Waals surface area contributed by atoms with Gasteiger partial charge in [-0.05, 0) is 83.5 Å². The fraction of sp³-hybridized carbons (Fsp3) is 0.892. The first-order valence-electron chi connectivity index (χ1n) is 36.3. The zero-order valence-electron chi connectivity index (χ0n) is 54.1. The van der Waals surface area contributed by atoms with Crippen molar-refractivity contribution in [2.45, 2.75) is 411 Å². The lowest BCUT2D eigenvalue weighted by Crippen LogP contribution is -2.45. The number of ether oxygens (including phenoxy) is 1. The normalized spacial score (nSPS) is 12.7. The van der Waals surface area contributed by atoms with Crippen LogP contribution in [0.3, 0.4) is 0 Å². The number of nitrogens with one attached hydrogen (secondary N) is 1. The van der Waals surface area contributed by atoms with Crippen LogP contribution < -0.4 is 5.32 Å². The Hall–Kier alpha value is -1.92. The first-order chi connectivity index (χ1) is 39.5. The van der Waals surface area contributed by atoms with E-state index in [1.54, 1.807) is 6.08 Å². The average Bonchev–Trinajstić information content (AvgIpc) is 3.46. The van der Waals surface area contributed by atoms with Crippen LogP contribution in [0, 0.1) is 0 Å². The number of hydrogen-bond donors (Lipinski definition) is 3. The van der Waals surface area contributed by atoms with Gasteiger partial charge >= 0.3 is 5.97 Å². The zero-order valence-corrected chi connectivity index (χ0v) is 54.1. The molecule has 80 heavy (non-hydrogen) atoms. The number of aliphatic hydroxyl groups is 2. The molecule has 0 saturated heterocycles. The predicted molar refractivity (Wildman–Crippen MR) is 352 cm³/mol. The van der Waals surface area contributed by atoms with E-state index in [4.69, 9.17) is 4.74 Å². The minimum atomic E-state index is -0.843. The Balaban J connectivity index is 3.38. The van der Waals surface area contributed by atoms with Gasteiger partial charge in [-0.25, -0.2) is 0 Å². The third-order valence-corrected chi connectivity index (χ3v) is 16.9. The van der Waals surface area contributed by atoms with Gasteiger partial charge in [-0.1, -0.05) is 339 Å². The second-order valence-electron chi connectivity index (χ2n) is 24.9.